The first-order valence-electron chi connectivity index (χ1n) is 10.7. The zero-order valence-electron chi connectivity index (χ0n) is 16.7. The summed E-state index contributed by atoms with van der Waals surface area (Å²) in [6.45, 7) is 6.01. The van der Waals surface area contributed by atoms with Gasteiger partial charge in [0.15, 0.2) is 15.8 Å². The molecule has 2 aliphatic carbocycles. The smallest absolute Gasteiger partial charge is 0.191 e. The van der Waals surface area contributed by atoms with Gasteiger partial charge in [0.05, 0.1) is 17.6 Å². The summed E-state index contributed by atoms with van der Waals surface area (Å²) in [7, 11) is -2.84. The predicted octanol–water partition coefficient (Wildman–Crippen LogP) is 2.10. The first-order chi connectivity index (χ1) is 12.9. The summed E-state index contributed by atoms with van der Waals surface area (Å²) < 4.78 is 29.4. The Hall–Kier alpha value is -0.820. The van der Waals surface area contributed by atoms with Gasteiger partial charge in [-0.25, -0.2) is 8.42 Å². The first kappa shape index (κ1) is 19.5. The zero-order chi connectivity index (χ0) is 19.1. The Bertz CT molecular complexity index is 670. The number of nitrogens with zero attached hydrogens (tertiary/aromatic N) is 1. The van der Waals surface area contributed by atoms with Crippen molar-refractivity contribution >= 4 is 15.8 Å². The Morgan fingerprint density at radius 1 is 1.11 bits per heavy atom. The summed E-state index contributed by atoms with van der Waals surface area (Å²) in [5.41, 5.74) is 0.104. The second kappa shape index (κ2) is 7.54. The Balaban J connectivity index is 1.43. The summed E-state index contributed by atoms with van der Waals surface area (Å²) in [6, 6.07) is 0.850. The molecule has 0 aromatic carbocycles. The van der Waals surface area contributed by atoms with Crippen molar-refractivity contribution in [2.75, 3.05) is 24.7 Å². The molecule has 4 rings (SSSR count). The standard InChI is InChI=1S/C20H35N3O3S/c1-20(2)17(16-8-10-26-18(16)20)23-19(22-15-6-4-3-5-7-15)21-12-14-9-11-27(24,25)13-14/h14-18H,3-13H2,1-2H3,(H2,21,22,23). The number of rotatable bonds is 4. The molecule has 154 valence electrons. The molecule has 2 heterocycles. The van der Waals surface area contributed by atoms with Crippen LogP contribution < -0.4 is 10.6 Å². The van der Waals surface area contributed by atoms with Crippen molar-refractivity contribution in [1.29, 1.82) is 0 Å². The van der Waals surface area contributed by atoms with Gasteiger partial charge >= 0.3 is 0 Å². The van der Waals surface area contributed by atoms with Crippen LogP contribution in [-0.4, -0.2) is 57.2 Å². The Morgan fingerprint density at radius 3 is 2.59 bits per heavy atom. The number of ether oxygens (including phenoxy) is 1. The molecule has 4 unspecified atom stereocenters. The van der Waals surface area contributed by atoms with E-state index in [0.29, 0.717) is 42.2 Å². The van der Waals surface area contributed by atoms with Gasteiger partial charge in [-0.15, -0.1) is 0 Å². The van der Waals surface area contributed by atoms with E-state index in [9.17, 15) is 8.42 Å². The lowest BCUT2D eigenvalue weighted by Gasteiger charge is -2.55. The molecule has 7 heteroatoms. The molecule has 2 N–H and O–H groups in total. The number of sulfone groups is 1. The van der Waals surface area contributed by atoms with Gasteiger partial charge in [-0.3, -0.25) is 4.99 Å². The van der Waals surface area contributed by atoms with E-state index in [2.05, 4.69) is 24.5 Å². The molecule has 6 nitrogen and oxygen atoms in total. The van der Waals surface area contributed by atoms with Crippen LogP contribution in [0.5, 0.6) is 0 Å². The third kappa shape index (κ3) is 4.14. The molecule has 4 aliphatic rings. The van der Waals surface area contributed by atoms with Crippen LogP contribution in [0.3, 0.4) is 0 Å². The molecule has 0 aromatic heterocycles. The van der Waals surface area contributed by atoms with Gasteiger partial charge in [0.2, 0.25) is 0 Å². The highest BCUT2D eigenvalue weighted by molar-refractivity contribution is 7.91. The molecular weight excluding hydrogens is 362 g/mol. The lowest BCUT2D eigenvalue weighted by molar-refractivity contribution is -0.106. The van der Waals surface area contributed by atoms with E-state index >= 15 is 0 Å². The lowest BCUT2D eigenvalue weighted by atomic mass is 9.57. The molecule has 2 saturated carbocycles. The molecule has 0 bridgehead atoms. The summed E-state index contributed by atoms with van der Waals surface area (Å²) in [5, 5.41) is 7.38. The van der Waals surface area contributed by atoms with Gasteiger partial charge < -0.3 is 15.4 Å². The van der Waals surface area contributed by atoms with Crippen LogP contribution >= 0.6 is 0 Å². The molecule has 4 atom stereocenters. The van der Waals surface area contributed by atoms with Crippen LogP contribution in [0.1, 0.15) is 58.8 Å². The van der Waals surface area contributed by atoms with Crippen molar-refractivity contribution in [2.45, 2.75) is 77.0 Å². The monoisotopic (exact) mass is 397 g/mol. The highest BCUT2D eigenvalue weighted by Crippen LogP contribution is 2.52. The van der Waals surface area contributed by atoms with Crippen molar-refractivity contribution in [2.24, 2.45) is 22.2 Å². The Labute approximate surface area is 163 Å². The normalized spacial score (nSPS) is 38.2. The number of nitrogens with one attached hydrogen (secondary N) is 2. The van der Waals surface area contributed by atoms with Crippen LogP contribution in [0.25, 0.3) is 0 Å². The van der Waals surface area contributed by atoms with Crippen molar-refractivity contribution in [3.8, 4) is 0 Å². The van der Waals surface area contributed by atoms with Crippen LogP contribution in [0.15, 0.2) is 4.99 Å². The van der Waals surface area contributed by atoms with E-state index in [4.69, 9.17) is 9.73 Å². The number of hydrogen-bond donors (Lipinski definition) is 2. The zero-order valence-corrected chi connectivity index (χ0v) is 17.6. The number of hydrogen-bond acceptors (Lipinski definition) is 4. The van der Waals surface area contributed by atoms with E-state index in [0.717, 1.165) is 25.4 Å². The number of guanidine groups is 1. The minimum Gasteiger partial charge on any atom is -0.377 e. The molecule has 0 aromatic rings. The Morgan fingerprint density at radius 2 is 1.89 bits per heavy atom. The summed E-state index contributed by atoms with van der Waals surface area (Å²) in [4.78, 5) is 4.86. The van der Waals surface area contributed by atoms with Gasteiger partial charge in [-0.2, -0.15) is 0 Å². The summed E-state index contributed by atoms with van der Waals surface area (Å²) in [5.74, 6) is 2.22. The minimum absolute atomic E-state index is 0.104. The van der Waals surface area contributed by atoms with Gasteiger partial charge in [0, 0.05) is 36.6 Å². The van der Waals surface area contributed by atoms with E-state index in [1.165, 1.54) is 32.1 Å². The van der Waals surface area contributed by atoms with Crippen molar-refractivity contribution in [3.63, 3.8) is 0 Å². The van der Waals surface area contributed by atoms with Gasteiger partial charge in [0.1, 0.15) is 0 Å². The van der Waals surface area contributed by atoms with E-state index in [-0.39, 0.29) is 11.3 Å². The maximum Gasteiger partial charge on any atom is 0.191 e. The second-order valence-electron chi connectivity index (χ2n) is 9.62. The van der Waals surface area contributed by atoms with Crippen molar-refractivity contribution in [1.82, 2.24) is 10.6 Å². The fourth-order valence-electron chi connectivity index (χ4n) is 5.57. The van der Waals surface area contributed by atoms with Crippen LogP contribution in [-0.2, 0) is 14.6 Å². The SMILES string of the molecule is CC1(C)C(NC(=NCC2CCS(=O)(=O)C2)NC2CCCCC2)C2CCOC21. The largest absolute Gasteiger partial charge is 0.377 e. The van der Waals surface area contributed by atoms with Crippen LogP contribution in [0.2, 0.25) is 0 Å². The number of fused-ring (bicyclic) bond motifs is 1. The fourth-order valence-corrected chi connectivity index (χ4v) is 7.42. The average Bonchev–Trinajstić information content (AvgIpc) is 3.23. The third-order valence-corrected chi connectivity index (χ3v) is 9.01. The quantitative estimate of drug-likeness (QED) is 0.561. The predicted molar refractivity (Wildman–Crippen MR) is 108 cm³/mol. The summed E-state index contributed by atoms with van der Waals surface area (Å²) in [6.07, 6.45) is 8.49. The maximum absolute atomic E-state index is 11.8. The van der Waals surface area contributed by atoms with Gasteiger partial charge in [0.25, 0.3) is 0 Å². The lowest BCUT2D eigenvalue weighted by Crippen LogP contribution is -2.68. The highest BCUT2D eigenvalue weighted by Gasteiger charge is 2.59. The molecule has 0 radical (unpaired) electrons. The second-order valence-corrected chi connectivity index (χ2v) is 11.9. The fraction of sp³-hybridized carbons (Fsp3) is 0.950. The van der Waals surface area contributed by atoms with Crippen LogP contribution in [0, 0.1) is 17.3 Å². The first-order valence-corrected chi connectivity index (χ1v) is 12.6. The molecule has 2 aliphatic heterocycles. The molecular formula is C20H35N3O3S. The highest BCUT2D eigenvalue weighted by atomic mass is 32.2. The van der Waals surface area contributed by atoms with Gasteiger partial charge in [-0.1, -0.05) is 33.1 Å². The van der Waals surface area contributed by atoms with E-state index in [1.807, 2.05) is 0 Å². The molecule has 27 heavy (non-hydrogen) atoms. The van der Waals surface area contributed by atoms with E-state index < -0.39 is 9.84 Å². The minimum atomic E-state index is -2.84. The topological polar surface area (TPSA) is 79.8 Å². The molecule has 4 fully saturated rings. The van der Waals surface area contributed by atoms with Crippen LogP contribution in [0.4, 0.5) is 0 Å². The van der Waals surface area contributed by atoms with E-state index in [1.54, 1.807) is 0 Å². The average molecular weight is 398 g/mol. The molecule has 0 amide bonds. The molecule has 0 spiro atoms. The number of aliphatic imine (C=N–C) groups is 1. The maximum atomic E-state index is 11.8. The molecule has 2 saturated heterocycles. The van der Waals surface area contributed by atoms with Gasteiger partial charge in [-0.05, 0) is 31.6 Å². The Kier molecular flexibility index (Phi) is 5.45. The third-order valence-electron chi connectivity index (χ3n) is 7.17. The summed E-state index contributed by atoms with van der Waals surface area (Å²) >= 11 is 0. The van der Waals surface area contributed by atoms with Crippen molar-refractivity contribution < 1.29 is 13.2 Å². The van der Waals surface area contributed by atoms with Crippen molar-refractivity contribution in [3.05, 3.63) is 0 Å².